The van der Waals surface area contributed by atoms with E-state index in [-0.39, 0.29) is 0 Å². The molecule has 4 nitrogen and oxygen atoms in total. The van der Waals surface area contributed by atoms with Gasteiger partial charge in [-0.1, -0.05) is 41.7 Å². The second-order valence-electron chi connectivity index (χ2n) is 4.70. The predicted molar refractivity (Wildman–Crippen MR) is 78.8 cm³/mol. The molecule has 19 heavy (non-hydrogen) atoms. The number of nitrogens with one attached hydrogen (secondary N) is 1. The maximum Gasteiger partial charge on any atom is 0.208 e. The van der Waals surface area contributed by atoms with Crippen molar-refractivity contribution >= 4 is 16.5 Å². The van der Waals surface area contributed by atoms with Crippen LogP contribution in [0.2, 0.25) is 0 Å². The SMILES string of the molecule is c1ccc(CCc2nnc(N3CCNCC3)s2)cc1. The summed E-state index contributed by atoms with van der Waals surface area (Å²) in [5, 5.41) is 14.2. The third-order valence-corrected chi connectivity index (χ3v) is 4.36. The number of nitrogens with zero attached hydrogens (tertiary/aromatic N) is 3. The highest BCUT2D eigenvalue weighted by Crippen LogP contribution is 2.21. The van der Waals surface area contributed by atoms with Crippen LogP contribution in [0.5, 0.6) is 0 Å². The van der Waals surface area contributed by atoms with Gasteiger partial charge in [-0.15, -0.1) is 10.2 Å². The minimum absolute atomic E-state index is 0.980. The van der Waals surface area contributed by atoms with Crippen LogP contribution < -0.4 is 10.2 Å². The van der Waals surface area contributed by atoms with Crippen molar-refractivity contribution in [3.05, 3.63) is 40.9 Å². The minimum Gasteiger partial charge on any atom is -0.344 e. The zero-order valence-corrected chi connectivity index (χ0v) is 11.7. The average Bonchev–Trinajstić information content (AvgIpc) is 2.96. The van der Waals surface area contributed by atoms with E-state index < -0.39 is 0 Å². The van der Waals surface area contributed by atoms with Gasteiger partial charge >= 0.3 is 0 Å². The molecular weight excluding hydrogens is 256 g/mol. The van der Waals surface area contributed by atoms with Crippen LogP contribution in [0.15, 0.2) is 30.3 Å². The van der Waals surface area contributed by atoms with Crippen LogP contribution in [0.3, 0.4) is 0 Å². The Morgan fingerprint density at radius 3 is 2.63 bits per heavy atom. The molecular formula is C14H18N4S. The van der Waals surface area contributed by atoms with Gasteiger partial charge in [0.1, 0.15) is 5.01 Å². The second kappa shape index (κ2) is 6.12. The highest BCUT2D eigenvalue weighted by molar-refractivity contribution is 7.15. The molecule has 0 amide bonds. The predicted octanol–water partition coefficient (Wildman–Crippen LogP) is 1.73. The number of piperazine rings is 1. The van der Waals surface area contributed by atoms with E-state index in [1.807, 2.05) is 0 Å². The summed E-state index contributed by atoms with van der Waals surface area (Å²) in [5.74, 6) is 0. The second-order valence-corrected chi connectivity index (χ2v) is 5.74. The molecule has 1 aliphatic heterocycles. The zero-order valence-electron chi connectivity index (χ0n) is 10.9. The summed E-state index contributed by atoms with van der Waals surface area (Å²) >= 11 is 1.73. The molecule has 0 spiro atoms. The maximum atomic E-state index is 4.32. The largest absolute Gasteiger partial charge is 0.344 e. The van der Waals surface area contributed by atoms with Gasteiger partial charge in [-0.3, -0.25) is 0 Å². The molecule has 0 unspecified atom stereocenters. The Morgan fingerprint density at radius 2 is 1.84 bits per heavy atom. The number of rotatable bonds is 4. The fraction of sp³-hybridized carbons (Fsp3) is 0.429. The summed E-state index contributed by atoms with van der Waals surface area (Å²) in [6, 6.07) is 10.6. The molecule has 1 saturated heterocycles. The van der Waals surface area contributed by atoms with Crippen molar-refractivity contribution in [1.29, 1.82) is 0 Å². The number of hydrogen-bond acceptors (Lipinski definition) is 5. The molecule has 1 fully saturated rings. The van der Waals surface area contributed by atoms with Crippen LogP contribution in [0.1, 0.15) is 10.6 Å². The van der Waals surface area contributed by atoms with Crippen LogP contribution in [-0.2, 0) is 12.8 Å². The van der Waals surface area contributed by atoms with Gasteiger partial charge < -0.3 is 10.2 Å². The lowest BCUT2D eigenvalue weighted by Gasteiger charge is -2.26. The summed E-state index contributed by atoms with van der Waals surface area (Å²) in [4.78, 5) is 2.32. The van der Waals surface area contributed by atoms with Crippen molar-refractivity contribution in [3.63, 3.8) is 0 Å². The molecule has 1 aromatic heterocycles. The van der Waals surface area contributed by atoms with Gasteiger partial charge in [0.2, 0.25) is 5.13 Å². The number of aromatic nitrogens is 2. The number of aryl methyl sites for hydroxylation is 2. The van der Waals surface area contributed by atoms with Gasteiger partial charge in [-0.05, 0) is 12.0 Å². The average molecular weight is 274 g/mol. The van der Waals surface area contributed by atoms with Crippen LogP contribution in [0.25, 0.3) is 0 Å². The van der Waals surface area contributed by atoms with Gasteiger partial charge in [-0.25, -0.2) is 0 Å². The summed E-state index contributed by atoms with van der Waals surface area (Å²) < 4.78 is 0. The molecule has 2 heterocycles. The lowest BCUT2D eigenvalue weighted by molar-refractivity contribution is 0.587. The van der Waals surface area contributed by atoms with Crippen LogP contribution in [0, 0.1) is 0 Å². The first kappa shape index (κ1) is 12.6. The molecule has 100 valence electrons. The maximum absolute atomic E-state index is 4.32. The summed E-state index contributed by atoms with van der Waals surface area (Å²) in [6.07, 6.45) is 2.02. The fourth-order valence-corrected chi connectivity index (χ4v) is 3.12. The van der Waals surface area contributed by atoms with E-state index in [9.17, 15) is 0 Å². The number of hydrogen-bond donors (Lipinski definition) is 1. The van der Waals surface area contributed by atoms with Gasteiger partial charge in [0.05, 0.1) is 0 Å². The molecule has 1 N–H and O–H groups in total. The van der Waals surface area contributed by atoms with Crippen molar-refractivity contribution in [2.45, 2.75) is 12.8 Å². The normalized spacial score (nSPS) is 15.7. The van der Waals surface area contributed by atoms with E-state index in [4.69, 9.17) is 0 Å². The van der Waals surface area contributed by atoms with E-state index >= 15 is 0 Å². The molecule has 0 bridgehead atoms. The summed E-state index contributed by atoms with van der Waals surface area (Å²) in [5.41, 5.74) is 1.36. The molecule has 0 radical (unpaired) electrons. The molecule has 0 atom stereocenters. The van der Waals surface area contributed by atoms with Crippen molar-refractivity contribution < 1.29 is 0 Å². The van der Waals surface area contributed by atoms with Crippen LogP contribution in [0.4, 0.5) is 5.13 Å². The topological polar surface area (TPSA) is 41.1 Å². The first-order valence-corrected chi connectivity index (χ1v) is 7.55. The minimum atomic E-state index is 0.980. The van der Waals surface area contributed by atoms with Gasteiger partial charge in [0.15, 0.2) is 0 Å². The Balaban J connectivity index is 1.58. The van der Waals surface area contributed by atoms with E-state index in [1.165, 1.54) is 5.56 Å². The first-order chi connectivity index (χ1) is 9.42. The molecule has 3 rings (SSSR count). The fourth-order valence-electron chi connectivity index (χ4n) is 2.23. The quantitative estimate of drug-likeness (QED) is 0.922. The monoisotopic (exact) mass is 274 g/mol. The zero-order chi connectivity index (χ0) is 12.9. The molecule has 0 aliphatic carbocycles. The van der Waals surface area contributed by atoms with E-state index in [2.05, 4.69) is 50.7 Å². The highest BCUT2D eigenvalue weighted by atomic mass is 32.1. The Kier molecular flexibility index (Phi) is 4.05. The standard InChI is InChI=1S/C14H18N4S/c1-2-4-12(5-3-1)6-7-13-16-17-14(19-13)18-10-8-15-9-11-18/h1-5,15H,6-11H2. The van der Waals surface area contributed by atoms with Crippen molar-refractivity contribution in [2.75, 3.05) is 31.1 Å². The summed E-state index contributed by atoms with van der Waals surface area (Å²) in [7, 11) is 0. The Bertz CT molecular complexity index is 505. The lowest BCUT2D eigenvalue weighted by atomic mass is 10.1. The number of anilines is 1. The first-order valence-electron chi connectivity index (χ1n) is 6.74. The molecule has 1 aromatic carbocycles. The lowest BCUT2D eigenvalue weighted by Crippen LogP contribution is -2.43. The van der Waals surface area contributed by atoms with Gasteiger partial charge in [0.25, 0.3) is 0 Å². The molecule has 5 heteroatoms. The van der Waals surface area contributed by atoms with Crippen LogP contribution >= 0.6 is 11.3 Å². The van der Waals surface area contributed by atoms with E-state index in [0.717, 1.165) is 49.2 Å². The van der Waals surface area contributed by atoms with Crippen molar-refractivity contribution in [3.8, 4) is 0 Å². The Hall–Kier alpha value is -1.46. The third kappa shape index (κ3) is 3.30. The van der Waals surface area contributed by atoms with Crippen LogP contribution in [-0.4, -0.2) is 36.4 Å². The Morgan fingerprint density at radius 1 is 1.05 bits per heavy atom. The number of benzene rings is 1. The van der Waals surface area contributed by atoms with E-state index in [0.29, 0.717) is 0 Å². The van der Waals surface area contributed by atoms with Crippen molar-refractivity contribution in [1.82, 2.24) is 15.5 Å². The smallest absolute Gasteiger partial charge is 0.208 e. The summed E-state index contributed by atoms with van der Waals surface area (Å²) in [6.45, 7) is 4.15. The van der Waals surface area contributed by atoms with Crippen molar-refractivity contribution in [2.24, 2.45) is 0 Å². The third-order valence-electron chi connectivity index (χ3n) is 3.31. The Labute approximate surface area is 117 Å². The van der Waals surface area contributed by atoms with E-state index in [1.54, 1.807) is 11.3 Å². The van der Waals surface area contributed by atoms with Gasteiger partial charge in [0, 0.05) is 32.6 Å². The van der Waals surface area contributed by atoms with Gasteiger partial charge in [-0.2, -0.15) is 0 Å². The highest BCUT2D eigenvalue weighted by Gasteiger charge is 2.14. The molecule has 0 saturated carbocycles. The molecule has 2 aromatic rings. The molecule has 1 aliphatic rings.